The van der Waals surface area contributed by atoms with Crippen LogP contribution in [0, 0.1) is 30.9 Å². The number of aromatic nitrogens is 2. The van der Waals surface area contributed by atoms with Crippen LogP contribution in [0.15, 0.2) is 28.3 Å². The van der Waals surface area contributed by atoms with Gasteiger partial charge in [0.1, 0.15) is 5.69 Å². The van der Waals surface area contributed by atoms with E-state index in [-0.39, 0.29) is 10.6 Å². The number of rotatable bonds is 4. The lowest BCUT2D eigenvalue weighted by Crippen LogP contribution is -2.00. The fourth-order valence-electron chi connectivity index (χ4n) is 1.88. The van der Waals surface area contributed by atoms with Crippen molar-refractivity contribution < 1.29 is 4.92 Å². The van der Waals surface area contributed by atoms with Crippen LogP contribution in [0.3, 0.4) is 0 Å². The first-order valence-electron chi connectivity index (χ1n) is 6.39. The third-order valence-corrected chi connectivity index (χ3v) is 4.18. The summed E-state index contributed by atoms with van der Waals surface area (Å²) in [6.07, 6.45) is 0. The molecule has 0 aliphatic rings. The van der Waals surface area contributed by atoms with Gasteiger partial charge in [0.15, 0.2) is 5.16 Å². The predicted octanol–water partition coefficient (Wildman–Crippen LogP) is 3.50. The van der Waals surface area contributed by atoms with Crippen molar-refractivity contribution in [3.8, 4) is 0 Å². The Labute approximate surface area is 127 Å². The molecule has 0 radical (unpaired) electrons. The van der Waals surface area contributed by atoms with Crippen LogP contribution in [-0.2, 0) is 0 Å². The number of aryl methyl sites for hydroxylation is 2. The van der Waals surface area contributed by atoms with Crippen LogP contribution >= 0.6 is 11.8 Å². The van der Waals surface area contributed by atoms with E-state index in [1.54, 1.807) is 25.2 Å². The minimum absolute atomic E-state index is 0.0458. The van der Waals surface area contributed by atoms with E-state index in [0.717, 1.165) is 17.0 Å². The van der Waals surface area contributed by atoms with Gasteiger partial charge in [-0.1, -0.05) is 6.07 Å². The summed E-state index contributed by atoms with van der Waals surface area (Å²) in [4.78, 5) is 20.2. The first-order valence-corrected chi connectivity index (χ1v) is 7.20. The molecule has 0 aliphatic carbocycles. The molecule has 0 unspecified atom stereocenters. The molecule has 0 bridgehead atoms. The van der Waals surface area contributed by atoms with Crippen LogP contribution in [0.1, 0.15) is 17.0 Å². The second kappa shape index (κ2) is 6.09. The van der Waals surface area contributed by atoms with E-state index in [4.69, 9.17) is 0 Å². The van der Waals surface area contributed by atoms with Gasteiger partial charge in [0.2, 0.25) is 0 Å². The van der Waals surface area contributed by atoms with Gasteiger partial charge in [0, 0.05) is 18.4 Å². The van der Waals surface area contributed by atoms with E-state index in [2.05, 4.69) is 15.3 Å². The summed E-state index contributed by atoms with van der Waals surface area (Å²) in [5.41, 5.74) is 3.34. The molecule has 0 saturated heterocycles. The maximum absolute atomic E-state index is 11.3. The molecular formula is C14H16N4O2S. The first-order chi connectivity index (χ1) is 9.93. The number of nitro groups is 1. The largest absolute Gasteiger partial charge is 0.383 e. The topological polar surface area (TPSA) is 81.0 Å². The van der Waals surface area contributed by atoms with Crippen molar-refractivity contribution in [3.63, 3.8) is 0 Å². The molecule has 2 aromatic rings. The van der Waals surface area contributed by atoms with Crippen LogP contribution < -0.4 is 5.32 Å². The first kappa shape index (κ1) is 15.2. The van der Waals surface area contributed by atoms with Gasteiger partial charge in [0.25, 0.3) is 0 Å². The highest BCUT2D eigenvalue weighted by Gasteiger charge is 2.20. The number of anilines is 1. The molecule has 2 rings (SSSR count). The van der Waals surface area contributed by atoms with Gasteiger partial charge in [-0.05, 0) is 50.2 Å². The standard InChI is InChI=1S/C14H16N4O2S/c1-8-9(2)16-14(17-10(8)3)21-12-7-5-6-11(15-4)13(12)18(19)20/h5-7,15H,1-4H3. The summed E-state index contributed by atoms with van der Waals surface area (Å²) in [6.45, 7) is 5.78. The molecule has 110 valence electrons. The lowest BCUT2D eigenvalue weighted by Gasteiger charge is -2.08. The normalized spacial score (nSPS) is 10.5. The number of nitro benzene ring substituents is 1. The summed E-state index contributed by atoms with van der Waals surface area (Å²) < 4.78 is 0. The lowest BCUT2D eigenvalue weighted by atomic mass is 10.2. The summed E-state index contributed by atoms with van der Waals surface area (Å²) >= 11 is 1.21. The van der Waals surface area contributed by atoms with E-state index < -0.39 is 0 Å². The SMILES string of the molecule is CNc1cccc(Sc2nc(C)c(C)c(C)n2)c1[N+](=O)[O-]. The third kappa shape index (κ3) is 3.13. The van der Waals surface area contributed by atoms with Crippen molar-refractivity contribution in [1.82, 2.24) is 9.97 Å². The number of para-hydroxylation sites is 1. The Kier molecular flexibility index (Phi) is 4.42. The molecule has 1 aromatic heterocycles. The highest BCUT2D eigenvalue weighted by molar-refractivity contribution is 7.99. The average molecular weight is 304 g/mol. The van der Waals surface area contributed by atoms with Gasteiger partial charge in [-0.2, -0.15) is 0 Å². The Morgan fingerprint density at radius 2 is 1.81 bits per heavy atom. The molecule has 1 aromatic carbocycles. The molecular weight excluding hydrogens is 288 g/mol. The smallest absolute Gasteiger partial charge is 0.306 e. The highest BCUT2D eigenvalue weighted by Crippen LogP contribution is 2.38. The number of hydrogen-bond donors (Lipinski definition) is 1. The van der Waals surface area contributed by atoms with Crippen molar-refractivity contribution in [2.24, 2.45) is 0 Å². The van der Waals surface area contributed by atoms with E-state index in [0.29, 0.717) is 15.7 Å². The van der Waals surface area contributed by atoms with E-state index >= 15 is 0 Å². The van der Waals surface area contributed by atoms with Gasteiger partial charge in [-0.15, -0.1) is 0 Å². The Morgan fingerprint density at radius 1 is 1.19 bits per heavy atom. The Hall–Kier alpha value is -2.15. The van der Waals surface area contributed by atoms with E-state index in [1.165, 1.54) is 11.8 Å². The molecule has 0 spiro atoms. The van der Waals surface area contributed by atoms with Gasteiger partial charge >= 0.3 is 5.69 Å². The minimum Gasteiger partial charge on any atom is -0.383 e. The predicted molar refractivity (Wildman–Crippen MR) is 83.0 cm³/mol. The summed E-state index contributed by atoms with van der Waals surface area (Å²) in [5.74, 6) is 0. The van der Waals surface area contributed by atoms with Gasteiger partial charge in [-0.3, -0.25) is 10.1 Å². The molecule has 7 heteroatoms. The fraction of sp³-hybridized carbons (Fsp3) is 0.286. The maximum Gasteiger partial charge on any atom is 0.306 e. The van der Waals surface area contributed by atoms with Crippen LogP contribution in [0.4, 0.5) is 11.4 Å². The van der Waals surface area contributed by atoms with Gasteiger partial charge in [0.05, 0.1) is 9.82 Å². The molecule has 0 saturated carbocycles. The van der Waals surface area contributed by atoms with Crippen molar-refractivity contribution in [3.05, 3.63) is 45.3 Å². The van der Waals surface area contributed by atoms with Gasteiger partial charge < -0.3 is 5.32 Å². The molecule has 0 amide bonds. The summed E-state index contributed by atoms with van der Waals surface area (Å²) in [6, 6.07) is 5.15. The molecule has 1 N–H and O–H groups in total. The monoisotopic (exact) mass is 304 g/mol. The number of nitrogens with zero attached hydrogens (tertiary/aromatic N) is 3. The number of nitrogens with one attached hydrogen (secondary N) is 1. The zero-order valence-corrected chi connectivity index (χ0v) is 13.1. The van der Waals surface area contributed by atoms with Crippen LogP contribution in [0.5, 0.6) is 0 Å². The second-order valence-corrected chi connectivity index (χ2v) is 5.57. The lowest BCUT2D eigenvalue weighted by molar-refractivity contribution is -0.386. The third-order valence-electron chi connectivity index (χ3n) is 3.26. The minimum atomic E-state index is -0.387. The zero-order chi connectivity index (χ0) is 15.6. The van der Waals surface area contributed by atoms with Crippen LogP contribution in [-0.4, -0.2) is 21.9 Å². The van der Waals surface area contributed by atoms with E-state index in [9.17, 15) is 10.1 Å². The second-order valence-electron chi connectivity index (χ2n) is 4.56. The number of hydrogen-bond acceptors (Lipinski definition) is 6. The Morgan fingerprint density at radius 3 is 2.33 bits per heavy atom. The summed E-state index contributed by atoms with van der Waals surface area (Å²) in [7, 11) is 1.66. The van der Waals surface area contributed by atoms with E-state index in [1.807, 2.05) is 20.8 Å². The van der Waals surface area contributed by atoms with Gasteiger partial charge in [-0.25, -0.2) is 9.97 Å². The van der Waals surface area contributed by atoms with Crippen molar-refractivity contribution in [2.75, 3.05) is 12.4 Å². The maximum atomic E-state index is 11.3. The molecule has 21 heavy (non-hydrogen) atoms. The summed E-state index contributed by atoms with van der Waals surface area (Å²) in [5, 5.41) is 14.7. The Balaban J connectivity index is 2.47. The highest BCUT2D eigenvalue weighted by atomic mass is 32.2. The molecule has 0 atom stereocenters. The van der Waals surface area contributed by atoms with Crippen molar-refractivity contribution >= 4 is 23.1 Å². The quantitative estimate of drug-likeness (QED) is 0.529. The van der Waals surface area contributed by atoms with Crippen LogP contribution in [0.25, 0.3) is 0 Å². The molecule has 6 nitrogen and oxygen atoms in total. The van der Waals surface area contributed by atoms with Crippen LogP contribution in [0.2, 0.25) is 0 Å². The average Bonchev–Trinajstić information content (AvgIpc) is 2.44. The number of benzene rings is 1. The Bertz CT molecular complexity index is 680. The van der Waals surface area contributed by atoms with Crippen molar-refractivity contribution in [1.29, 1.82) is 0 Å². The fourth-order valence-corrected chi connectivity index (χ4v) is 2.87. The zero-order valence-electron chi connectivity index (χ0n) is 12.3. The molecule has 0 aliphatic heterocycles. The van der Waals surface area contributed by atoms with Crippen molar-refractivity contribution in [2.45, 2.75) is 30.8 Å². The molecule has 0 fully saturated rings. The molecule has 1 heterocycles.